The predicted octanol–water partition coefficient (Wildman–Crippen LogP) is 0.703. The van der Waals surface area contributed by atoms with Crippen molar-refractivity contribution in [3.05, 3.63) is 24.0 Å². The molecule has 5 nitrogen and oxygen atoms in total. The molecule has 1 rings (SSSR count). The predicted molar refractivity (Wildman–Crippen MR) is 80.9 cm³/mol. The van der Waals surface area contributed by atoms with Crippen LogP contribution in [0.3, 0.4) is 0 Å². The molecule has 0 saturated carbocycles. The second-order valence-corrected chi connectivity index (χ2v) is 6.96. The van der Waals surface area contributed by atoms with Crippen molar-refractivity contribution in [2.24, 2.45) is 5.92 Å². The lowest BCUT2D eigenvalue weighted by Crippen LogP contribution is -2.29. The van der Waals surface area contributed by atoms with Gasteiger partial charge in [-0.25, -0.2) is 13.1 Å². The third-order valence-electron chi connectivity index (χ3n) is 2.41. The monoisotopic (exact) mass is 314 g/mol. The largest absolute Gasteiger partial charge is 0.384 e. The van der Waals surface area contributed by atoms with Crippen molar-refractivity contribution in [1.29, 1.82) is 0 Å². The van der Waals surface area contributed by atoms with Crippen LogP contribution < -0.4 is 4.72 Å². The van der Waals surface area contributed by atoms with Gasteiger partial charge in [-0.1, -0.05) is 18.8 Å². The number of nitrogens with one attached hydrogen (secondary N) is 1. The van der Waals surface area contributed by atoms with Gasteiger partial charge in [-0.05, 0) is 24.0 Å². The SMILES string of the molecule is CSCC(C)CNS(=O)(=O)c1cncc(C#CCO)c1. The molecule has 20 heavy (non-hydrogen) atoms. The Morgan fingerprint density at radius 1 is 1.50 bits per heavy atom. The summed E-state index contributed by atoms with van der Waals surface area (Å²) in [5.41, 5.74) is 0.457. The molecular formula is C13H18N2O3S2. The van der Waals surface area contributed by atoms with E-state index in [1.807, 2.05) is 13.2 Å². The first-order valence-electron chi connectivity index (χ1n) is 6.03. The van der Waals surface area contributed by atoms with Crippen LogP contribution in [0.5, 0.6) is 0 Å². The molecule has 0 spiro atoms. The van der Waals surface area contributed by atoms with Crippen LogP contribution in [-0.4, -0.2) is 43.7 Å². The van der Waals surface area contributed by atoms with Crippen LogP contribution >= 0.6 is 11.8 Å². The van der Waals surface area contributed by atoms with Gasteiger partial charge in [-0.3, -0.25) is 4.98 Å². The molecule has 7 heteroatoms. The van der Waals surface area contributed by atoms with Crippen LogP contribution in [0.25, 0.3) is 0 Å². The summed E-state index contributed by atoms with van der Waals surface area (Å²) in [6.07, 6.45) is 4.72. The highest BCUT2D eigenvalue weighted by atomic mass is 32.2. The van der Waals surface area contributed by atoms with Crippen molar-refractivity contribution in [3.8, 4) is 11.8 Å². The molecule has 0 aliphatic carbocycles. The molecule has 1 aromatic rings. The summed E-state index contributed by atoms with van der Waals surface area (Å²) in [7, 11) is -3.57. The zero-order chi connectivity index (χ0) is 15.0. The second-order valence-electron chi connectivity index (χ2n) is 4.28. The van der Waals surface area contributed by atoms with Gasteiger partial charge in [0, 0.05) is 24.5 Å². The first-order chi connectivity index (χ1) is 9.49. The van der Waals surface area contributed by atoms with Crippen LogP contribution in [0.4, 0.5) is 0 Å². The maximum absolute atomic E-state index is 12.1. The fourth-order valence-corrected chi connectivity index (χ4v) is 3.29. The molecular weight excluding hydrogens is 296 g/mol. The number of aliphatic hydroxyl groups is 1. The van der Waals surface area contributed by atoms with Crippen LogP contribution in [0.15, 0.2) is 23.4 Å². The minimum Gasteiger partial charge on any atom is -0.384 e. The Balaban J connectivity index is 2.82. The molecule has 0 fully saturated rings. The average molecular weight is 314 g/mol. The van der Waals surface area contributed by atoms with E-state index in [1.54, 1.807) is 11.8 Å². The molecule has 110 valence electrons. The van der Waals surface area contributed by atoms with Crippen molar-refractivity contribution in [2.75, 3.05) is 25.2 Å². The second kappa shape index (κ2) is 8.27. The molecule has 2 N–H and O–H groups in total. The van der Waals surface area contributed by atoms with Crippen molar-refractivity contribution in [1.82, 2.24) is 9.71 Å². The van der Waals surface area contributed by atoms with Crippen LogP contribution in [0, 0.1) is 17.8 Å². The van der Waals surface area contributed by atoms with Crippen molar-refractivity contribution in [3.63, 3.8) is 0 Å². The molecule has 0 aliphatic rings. The van der Waals surface area contributed by atoms with Gasteiger partial charge in [-0.15, -0.1) is 0 Å². The van der Waals surface area contributed by atoms with E-state index in [0.29, 0.717) is 12.1 Å². The lowest BCUT2D eigenvalue weighted by atomic mass is 10.2. The Kier molecular flexibility index (Phi) is 7.02. The third kappa shape index (κ3) is 5.51. The lowest BCUT2D eigenvalue weighted by Gasteiger charge is -2.11. The maximum Gasteiger partial charge on any atom is 0.242 e. The quantitative estimate of drug-likeness (QED) is 0.756. The molecule has 1 unspecified atom stereocenters. The number of aliphatic hydroxyl groups excluding tert-OH is 1. The lowest BCUT2D eigenvalue weighted by molar-refractivity contribution is 0.350. The number of aromatic nitrogens is 1. The number of hydrogen-bond acceptors (Lipinski definition) is 5. The summed E-state index contributed by atoms with van der Waals surface area (Å²) in [5.74, 6) is 6.24. The highest BCUT2D eigenvalue weighted by molar-refractivity contribution is 7.98. The minimum atomic E-state index is -3.57. The summed E-state index contributed by atoms with van der Waals surface area (Å²) in [5, 5.41) is 8.63. The number of pyridine rings is 1. The number of nitrogens with zero attached hydrogens (tertiary/aromatic N) is 1. The molecule has 0 saturated heterocycles. The molecule has 1 aromatic heterocycles. The van der Waals surface area contributed by atoms with Gasteiger partial charge in [0.1, 0.15) is 11.5 Å². The molecule has 0 bridgehead atoms. The Morgan fingerprint density at radius 2 is 2.25 bits per heavy atom. The normalized spacial score (nSPS) is 12.6. The zero-order valence-electron chi connectivity index (χ0n) is 11.5. The number of rotatable bonds is 6. The topological polar surface area (TPSA) is 79.3 Å². The van der Waals surface area contributed by atoms with Gasteiger partial charge in [0.05, 0.1) is 0 Å². The molecule has 0 amide bonds. The highest BCUT2D eigenvalue weighted by Crippen LogP contribution is 2.10. The van der Waals surface area contributed by atoms with Gasteiger partial charge < -0.3 is 5.11 Å². The fraction of sp³-hybridized carbons (Fsp3) is 0.462. The van der Waals surface area contributed by atoms with E-state index in [1.165, 1.54) is 18.5 Å². The minimum absolute atomic E-state index is 0.0820. The van der Waals surface area contributed by atoms with Crippen LogP contribution in [0.2, 0.25) is 0 Å². The van der Waals surface area contributed by atoms with Crippen molar-refractivity contribution >= 4 is 21.8 Å². The summed E-state index contributed by atoms with van der Waals surface area (Å²) in [4.78, 5) is 3.94. The van der Waals surface area contributed by atoms with E-state index < -0.39 is 10.0 Å². The Hall–Kier alpha value is -1.07. The van der Waals surface area contributed by atoms with Crippen LogP contribution in [-0.2, 0) is 10.0 Å². The number of sulfonamides is 1. The highest BCUT2D eigenvalue weighted by Gasteiger charge is 2.15. The number of thioether (sulfide) groups is 1. The van der Waals surface area contributed by atoms with Gasteiger partial charge in [0.25, 0.3) is 0 Å². The third-order valence-corrected chi connectivity index (χ3v) is 4.70. The van der Waals surface area contributed by atoms with E-state index in [0.717, 1.165) is 5.75 Å². The summed E-state index contributed by atoms with van der Waals surface area (Å²) < 4.78 is 26.8. The number of hydrogen-bond donors (Lipinski definition) is 2. The first-order valence-corrected chi connectivity index (χ1v) is 8.90. The average Bonchev–Trinajstić information content (AvgIpc) is 2.44. The fourth-order valence-electron chi connectivity index (χ4n) is 1.45. The Morgan fingerprint density at radius 3 is 2.90 bits per heavy atom. The molecule has 0 aliphatic heterocycles. The Labute approximate surface area is 124 Å². The maximum atomic E-state index is 12.1. The van der Waals surface area contributed by atoms with Gasteiger partial charge in [0.15, 0.2) is 0 Å². The summed E-state index contributed by atoms with van der Waals surface area (Å²) in [6, 6.07) is 1.44. The van der Waals surface area contributed by atoms with E-state index >= 15 is 0 Å². The van der Waals surface area contributed by atoms with E-state index in [4.69, 9.17) is 5.11 Å². The van der Waals surface area contributed by atoms with Gasteiger partial charge in [0.2, 0.25) is 10.0 Å². The Bertz CT molecular complexity index is 591. The standard InChI is InChI=1S/C13H18N2O3S2/c1-11(10-19-2)7-15-20(17,18)13-6-12(4-3-5-16)8-14-9-13/h6,8-9,11,15-16H,5,7,10H2,1-2H3. The first kappa shape index (κ1) is 17.0. The summed E-state index contributed by atoms with van der Waals surface area (Å²) >= 11 is 1.68. The molecule has 1 heterocycles. The summed E-state index contributed by atoms with van der Waals surface area (Å²) in [6.45, 7) is 2.09. The van der Waals surface area contributed by atoms with Crippen molar-refractivity contribution < 1.29 is 13.5 Å². The van der Waals surface area contributed by atoms with Gasteiger partial charge in [-0.2, -0.15) is 11.8 Å². The van der Waals surface area contributed by atoms with E-state index in [2.05, 4.69) is 21.5 Å². The van der Waals surface area contributed by atoms with Gasteiger partial charge >= 0.3 is 0 Å². The van der Waals surface area contributed by atoms with Crippen molar-refractivity contribution in [2.45, 2.75) is 11.8 Å². The molecule has 0 radical (unpaired) electrons. The zero-order valence-corrected chi connectivity index (χ0v) is 13.1. The molecule has 1 atom stereocenters. The molecule has 0 aromatic carbocycles. The smallest absolute Gasteiger partial charge is 0.242 e. The van der Waals surface area contributed by atoms with E-state index in [9.17, 15) is 8.42 Å². The van der Waals surface area contributed by atoms with Crippen LogP contribution in [0.1, 0.15) is 12.5 Å². The van der Waals surface area contributed by atoms with E-state index in [-0.39, 0.29) is 17.4 Å².